The first kappa shape index (κ1) is 17.3. The van der Waals surface area contributed by atoms with Crippen LogP contribution >= 0.6 is 0 Å². The first-order chi connectivity index (χ1) is 10.7. The topological polar surface area (TPSA) is 145 Å². The maximum absolute atomic E-state index is 11.7. The third kappa shape index (κ3) is 4.46. The molecule has 128 valence electrons. The summed E-state index contributed by atoms with van der Waals surface area (Å²) in [6.45, 7) is 1.60. The maximum Gasteiger partial charge on any atom is 0.397 e. The van der Waals surface area contributed by atoms with Crippen molar-refractivity contribution in [3.05, 3.63) is 22.1 Å². The van der Waals surface area contributed by atoms with Gasteiger partial charge in [0.05, 0.1) is 6.54 Å². The lowest BCUT2D eigenvalue weighted by Gasteiger charge is -2.21. The summed E-state index contributed by atoms with van der Waals surface area (Å²) in [5.74, 6) is -0.210. The van der Waals surface area contributed by atoms with E-state index in [1.54, 1.807) is 0 Å². The van der Waals surface area contributed by atoms with Crippen LogP contribution in [0.5, 0.6) is 0 Å². The lowest BCUT2D eigenvalue weighted by Crippen LogP contribution is -2.38. The summed E-state index contributed by atoms with van der Waals surface area (Å²) in [4.78, 5) is 27.2. The molecule has 0 aromatic carbocycles. The van der Waals surface area contributed by atoms with Gasteiger partial charge in [0.15, 0.2) is 5.82 Å². The summed E-state index contributed by atoms with van der Waals surface area (Å²) < 4.78 is 36.6. The monoisotopic (exact) mass is 348 g/mol. The number of aromatic nitrogens is 2. The van der Waals surface area contributed by atoms with Crippen molar-refractivity contribution < 1.29 is 26.9 Å². The van der Waals surface area contributed by atoms with Crippen molar-refractivity contribution in [3.63, 3.8) is 0 Å². The molecule has 1 aromatic heterocycles. The molecule has 1 fully saturated rings. The number of aryl methyl sites for hydroxylation is 1. The van der Waals surface area contributed by atoms with Crippen LogP contribution in [0.4, 0.5) is 5.82 Å². The number of hydrogen-bond donors (Lipinski definition) is 1. The van der Waals surface area contributed by atoms with E-state index < -0.39 is 21.4 Å². The third-order valence-electron chi connectivity index (χ3n) is 3.46. The van der Waals surface area contributed by atoms with E-state index in [1.807, 2.05) is 0 Å². The van der Waals surface area contributed by atoms with E-state index in [-0.39, 0.29) is 30.6 Å². The van der Waals surface area contributed by atoms with Crippen molar-refractivity contribution in [1.29, 1.82) is 0 Å². The fourth-order valence-corrected chi connectivity index (χ4v) is 2.93. The highest BCUT2D eigenvalue weighted by atomic mass is 32.3. The second-order valence-electron chi connectivity index (χ2n) is 5.12. The number of nitrogens with zero attached hydrogens (tertiary/aromatic N) is 4. The molecule has 0 unspecified atom stereocenters. The number of hydrogen-bond acceptors (Lipinski definition) is 7. The minimum absolute atomic E-state index is 0.104. The molecule has 1 atom stereocenters. The van der Waals surface area contributed by atoms with Crippen molar-refractivity contribution >= 4 is 22.1 Å². The number of carbonyl (C=O) groups excluding carboxylic acids is 1. The summed E-state index contributed by atoms with van der Waals surface area (Å²) in [6, 6.07) is 0. The van der Waals surface area contributed by atoms with Crippen LogP contribution in [0.25, 0.3) is 0 Å². The predicted octanol–water partition coefficient (Wildman–Crippen LogP) is -0.0899. The summed E-state index contributed by atoms with van der Waals surface area (Å²) in [5.41, 5.74) is 0. The molecule has 0 aliphatic carbocycles. The molecular weight excluding hydrogens is 332 g/mol. The van der Waals surface area contributed by atoms with Crippen LogP contribution in [0, 0.1) is 17.0 Å². The van der Waals surface area contributed by atoms with Gasteiger partial charge in [-0.15, -0.1) is 0 Å². The minimum Gasteiger partial charge on any atom is -0.358 e. The second-order valence-corrected chi connectivity index (χ2v) is 6.17. The molecule has 0 radical (unpaired) electrons. The van der Waals surface area contributed by atoms with E-state index in [1.165, 1.54) is 11.8 Å². The number of nitro groups is 1. The summed E-state index contributed by atoms with van der Waals surface area (Å²) in [7, 11) is -4.77. The summed E-state index contributed by atoms with van der Waals surface area (Å²) in [6.07, 6.45) is 0.865. The Kier molecular flexibility index (Phi) is 4.97. The molecule has 0 saturated carbocycles. The number of amides is 1. The predicted molar refractivity (Wildman–Crippen MR) is 75.9 cm³/mol. The third-order valence-corrected chi connectivity index (χ3v) is 3.98. The van der Waals surface area contributed by atoms with Gasteiger partial charge in [-0.1, -0.05) is 0 Å². The molecule has 1 N–H and O–H groups in total. The number of likely N-dealkylation sites (tertiary alicyclic amines) is 1. The smallest absolute Gasteiger partial charge is 0.358 e. The molecular formula is C11H16N4O7S. The van der Waals surface area contributed by atoms with Gasteiger partial charge in [0.1, 0.15) is 18.8 Å². The fourth-order valence-electron chi connectivity index (χ4n) is 2.46. The average molecular weight is 348 g/mol. The molecule has 0 spiro atoms. The molecule has 12 heteroatoms. The first-order valence-electron chi connectivity index (χ1n) is 6.77. The van der Waals surface area contributed by atoms with Crippen LogP contribution in [-0.4, -0.2) is 57.4 Å². The Morgan fingerprint density at radius 1 is 1.52 bits per heavy atom. The summed E-state index contributed by atoms with van der Waals surface area (Å²) >= 11 is 0. The molecule has 11 nitrogen and oxygen atoms in total. The van der Waals surface area contributed by atoms with E-state index in [9.17, 15) is 23.3 Å². The zero-order chi connectivity index (χ0) is 17.2. The number of carbonyl (C=O) groups is 1. The number of rotatable bonds is 7. The van der Waals surface area contributed by atoms with Crippen LogP contribution < -0.4 is 0 Å². The normalized spacial score (nSPS) is 16.8. The Morgan fingerprint density at radius 2 is 2.22 bits per heavy atom. The highest BCUT2D eigenvalue weighted by molar-refractivity contribution is 7.80. The zero-order valence-corrected chi connectivity index (χ0v) is 13.1. The van der Waals surface area contributed by atoms with Crippen molar-refractivity contribution in [2.75, 3.05) is 13.1 Å². The number of imidazole rings is 1. The first-order valence-corrected chi connectivity index (χ1v) is 8.14. The van der Waals surface area contributed by atoms with Crippen molar-refractivity contribution in [1.82, 2.24) is 14.5 Å². The van der Waals surface area contributed by atoms with E-state index in [0.29, 0.717) is 19.4 Å². The van der Waals surface area contributed by atoms with E-state index in [4.69, 9.17) is 4.55 Å². The van der Waals surface area contributed by atoms with Crippen molar-refractivity contribution in [2.24, 2.45) is 0 Å². The molecule has 1 saturated heterocycles. The van der Waals surface area contributed by atoms with Gasteiger partial charge in [-0.25, -0.2) is 13.7 Å². The Hall–Kier alpha value is -2.05. The quantitative estimate of drug-likeness (QED) is 0.409. The highest BCUT2D eigenvalue weighted by Gasteiger charge is 2.30. The van der Waals surface area contributed by atoms with Crippen LogP contribution in [0.2, 0.25) is 0 Å². The maximum atomic E-state index is 11.7. The van der Waals surface area contributed by atoms with Crippen LogP contribution in [-0.2, 0) is 25.9 Å². The van der Waals surface area contributed by atoms with E-state index in [0.717, 1.165) is 10.8 Å². The molecule has 0 bridgehead atoms. The largest absolute Gasteiger partial charge is 0.397 e. The zero-order valence-electron chi connectivity index (χ0n) is 12.3. The van der Waals surface area contributed by atoms with E-state index >= 15 is 0 Å². The van der Waals surface area contributed by atoms with Gasteiger partial charge in [0, 0.05) is 19.9 Å². The Morgan fingerprint density at radius 3 is 2.74 bits per heavy atom. The van der Waals surface area contributed by atoms with Gasteiger partial charge in [-0.2, -0.15) is 8.42 Å². The lowest BCUT2D eigenvalue weighted by molar-refractivity contribution is -0.392. The van der Waals surface area contributed by atoms with Crippen molar-refractivity contribution in [3.8, 4) is 0 Å². The van der Waals surface area contributed by atoms with Crippen LogP contribution in [0.1, 0.15) is 18.7 Å². The SMILES string of the molecule is Cc1ncc([N+](=O)[O-])n1C[C@@H](CN1CCCC1=O)OS(=O)(=O)O. The average Bonchev–Trinajstić information content (AvgIpc) is 2.96. The molecule has 1 aliphatic rings. The molecule has 1 aliphatic heterocycles. The molecule has 23 heavy (non-hydrogen) atoms. The van der Waals surface area contributed by atoms with Gasteiger partial charge in [0.2, 0.25) is 5.91 Å². The highest BCUT2D eigenvalue weighted by Crippen LogP contribution is 2.18. The Labute approximate surface area is 132 Å². The van der Waals surface area contributed by atoms with Gasteiger partial charge < -0.3 is 15.0 Å². The van der Waals surface area contributed by atoms with E-state index in [2.05, 4.69) is 9.17 Å². The van der Waals surface area contributed by atoms with Crippen LogP contribution in [0.3, 0.4) is 0 Å². The molecule has 1 aromatic rings. The Balaban J connectivity index is 2.22. The Bertz CT molecular complexity index is 714. The molecule has 1 amide bonds. The molecule has 2 heterocycles. The standard InChI is InChI=1S/C11H16N4O7S/c1-8-12-5-10(15(17)18)14(8)7-9(22-23(19,20)21)6-13-4-2-3-11(13)16/h5,9H,2-4,6-7H2,1H3,(H,19,20,21)/t9-/m1/s1. The molecule has 2 rings (SSSR count). The summed E-state index contributed by atoms with van der Waals surface area (Å²) in [5, 5.41) is 11.0. The second kappa shape index (κ2) is 6.60. The van der Waals surface area contributed by atoms with Gasteiger partial charge in [0.25, 0.3) is 0 Å². The lowest BCUT2D eigenvalue weighted by atomic mass is 10.3. The minimum atomic E-state index is -4.77. The van der Waals surface area contributed by atoms with Crippen LogP contribution in [0.15, 0.2) is 6.20 Å². The van der Waals surface area contributed by atoms with Gasteiger partial charge in [-0.05, 0) is 11.3 Å². The van der Waals surface area contributed by atoms with Gasteiger partial charge in [-0.3, -0.25) is 9.35 Å². The van der Waals surface area contributed by atoms with Crippen molar-refractivity contribution in [2.45, 2.75) is 32.4 Å². The fraction of sp³-hybridized carbons (Fsp3) is 0.636. The van der Waals surface area contributed by atoms with Gasteiger partial charge >= 0.3 is 16.2 Å².